The summed E-state index contributed by atoms with van der Waals surface area (Å²) in [6.45, 7) is -0.858. The molecule has 1 aromatic carbocycles. The van der Waals surface area contributed by atoms with Gasteiger partial charge < -0.3 is 9.84 Å². The summed E-state index contributed by atoms with van der Waals surface area (Å²) < 4.78 is 65.1. The third-order valence-electron chi connectivity index (χ3n) is 6.78. The molecule has 6 rings (SSSR count). The Balaban J connectivity index is 1.49. The Morgan fingerprint density at radius 1 is 1.16 bits per heavy atom. The van der Waals surface area contributed by atoms with Crippen molar-refractivity contribution < 1.29 is 27.4 Å². The highest BCUT2D eigenvalue weighted by molar-refractivity contribution is 5.41. The number of halogens is 4. The predicted octanol–water partition coefficient (Wildman–Crippen LogP) is 2.39. The first-order chi connectivity index (χ1) is 15.1. The van der Waals surface area contributed by atoms with Gasteiger partial charge in [-0.25, -0.2) is 27.5 Å². The van der Waals surface area contributed by atoms with E-state index < -0.39 is 46.1 Å². The molecule has 3 fully saturated rings. The summed E-state index contributed by atoms with van der Waals surface area (Å²) in [5.41, 5.74) is -5.18. The number of tetrazole rings is 1. The van der Waals surface area contributed by atoms with Gasteiger partial charge in [0.25, 0.3) is 5.92 Å². The number of methoxy groups -OCH3 is 1. The smallest absolute Gasteiger partial charge is 0.316 e. The molecule has 2 aromatic heterocycles. The summed E-state index contributed by atoms with van der Waals surface area (Å²) in [4.78, 5) is 8.84. The van der Waals surface area contributed by atoms with Crippen LogP contribution < -0.4 is 4.74 Å². The van der Waals surface area contributed by atoms with Gasteiger partial charge in [-0.1, -0.05) is 0 Å². The molecule has 0 saturated heterocycles. The number of aliphatic hydroxyl groups is 1. The Hall–Kier alpha value is -3.15. The molecule has 168 valence electrons. The summed E-state index contributed by atoms with van der Waals surface area (Å²) in [5, 5.41) is 22.0. The number of alkyl halides is 2. The van der Waals surface area contributed by atoms with Crippen molar-refractivity contribution >= 4 is 0 Å². The molecule has 2 heterocycles. The second-order valence-corrected chi connectivity index (χ2v) is 8.57. The van der Waals surface area contributed by atoms with Crippen LogP contribution in [-0.2, 0) is 17.6 Å². The van der Waals surface area contributed by atoms with E-state index in [4.69, 9.17) is 4.74 Å². The molecule has 0 amide bonds. The van der Waals surface area contributed by atoms with Gasteiger partial charge in [0.1, 0.15) is 18.2 Å². The molecule has 3 aliphatic rings. The molecule has 0 aliphatic heterocycles. The minimum absolute atomic E-state index is 0.0542. The Bertz CT molecular complexity index is 1140. The Morgan fingerprint density at radius 3 is 2.41 bits per heavy atom. The molecule has 1 N–H and O–H groups in total. The van der Waals surface area contributed by atoms with Crippen LogP contribution in [0.5, 0.6) is 6.01 Å². The second-order valence-electron chi connectivity index (χ2n) is 8.57. The van der Waals surface area contributed by atoms with Crippen LogP contribution in [0.3, 0.4) is 0 Å². The third kappa shape index (κ3) is 2.68. The maximum Gasteiger partial charge on any atom is 0.316 e. The number of benzene rings is 1. The van der Waals surface area contributed by atoms with E-state index in [-0.39, 0.29) is 25.3 Å². The summed E-state index contributed by atoms with van der Waals surface area (Å²) in [6, 6.07) is 2.28. The van der Waals surface area contributed by atoms with Crippen LogP contribution in [-0.4, -0.2) is 48.3 Å². The van der Waals surface area contributed by atoms with Crippen LogP contribution in [0.1, 0.15) is 30.4 Å². The molecule has 1 atom stereocenters. The average molecular weight is 450 g/mol. The molecule has 0 spiro atoms. The molecule has 0 radical (unpaired) electrons. The van der Waals surface area contributed by atoms with Gasteiger partial charge >= 0.3 is 6.01 Å². The number of aromatic nitrogens is 6. The Labute approximate surface area is 179 Å². The molecule has 12 heteroatoms. The average Bonchev–Trinajstić information content (AvgIpc) is 3.18. The van der Waals surface area contributed by atoms with Crippen molar-refractivity contribution in [2.75, 3.05) is 7.11 Å². The first-order valence-electron chi connectivity index (χ1n) is 9.78. The lowest BCUT2D eigenvalue weighted by atomic mass is 9.31. The summed E-state index contributed by atoms with van der Waals surface area (Å²) >= 11 is 0. The normalized spacial score (nSPS) is 26.1. The van der Waals surface area contributed by atoms with Crippen LogP contribution in [0, 0.1) is 17.0 Å². The Morgan fingerprint density at radius 2 is 1.84 bits per heavy atom. The molecule has 3 saturated carbocycles. The fourth-order valence-corrected chi connectivity index (χ4v) is 5.21. The van der Waals surface area contributed by atoms with Crippen LogP contribution in [0.4, 0.5) is 17.6 Å². The van der Waals surface area contributed by atoms with Gasteiger partial charge in [-0.05, 0) is 42.2 Å². The van der Waals surface area contributed by atoms with Crippen molar-refractivity contribution in [3.8, 4) is 6.01 Å². The number of hydrogen-bond donors (Lipinski definition) is 1. The van der Waals surface area contributed by atoms with Crippen LogP contribution in [0.15, 0.2) is 36.9 Å². The first-order valence-corrected chi connectivity index (χ1v) is 9.78. The predicted molar refractivity (Wildman–Crippen MR) is 99.6 cm³/mol. The number of nitrogens with zero attached hydrogens (tertiary/aromatic N) is 6. The van der Waals surface area contributed by atoms with Crippen LogP contribution in [0.2, 0.25) is 0 Å². The standard InChI is InChI=1S/C20H18F4N6O2/c1-32-16-25-5-12(6-26-16)17-7-18(8-17,9-17)20(23,24)19(31,10-30-28-11-27-29-30)14-3-2-13(21)4-15(14)22/h2-6,11,31H,7-10H2,1H3. The van der Waals surface area contributed by atoms with Crippen molar-refractivity contribution in [2.45, 2.75) is 42.7 Å². The maximum atomic E-state index is 16.1. The fraction of sp³-hybridized carbons (Fsp3) is 0.450. The van der Waals surface area contributed by atoms with Crippen molar-refractivity contribution in [3.05, 3.63) is 59.7 Å². The van der Waals surface area contributed by atoms with E-state index in [2.05, 4.69) is 25.4 Å². The molecule has 1 unspecified atom stereocenters. The molecule has 8 nitrogen and oxygen atoms in total. The summed E-state index contributed by atoms with van der Waals surface area (Å²) in [5.74, 6) is -6.02. The van der Waals surface area contributed by atoms with E-state index in [0.717, 1.165) is 23.3 Å². The quantitative estimate of drug-likeness (QED) is 0.552. The van der Waals surface area contributed by atoms with Gasteiger partial charge in [0, 0.05) is 34.9 Å². The van der Waals surface area contributed by atoms with E-state index in [0.29, 0.717) is 11.6 Å². The van der Waals surface area contributed by atoms with Gasteiger partial charge in [0.2, 0.25) is 0 Å². The largest absolute Gasteiger partial charge is 0.467 e. The lowest BCUT2D eigenvalue weighted by Crippen LogP contribution is -2.76. The monoisotopic (exact) mass is 450 g/mol. The van der Waals surface area contributed by atoms with Gasteiger partial charge in [-0.2, -0.15) is 4.80 Å². The van der Waals surface area contributed by atoms with E-state index in [1.807, 2.05) is 0 Å². The number of rotatable bonds is 7. The minimum Gasteiger partial charge on any atom is -0.467 e. The zero-order chi connectivity index (χ0) is 22.8. The molecule has 32 heavy (non-hydrogen) atoms. The number of ether oxygens (including phenoxy) is 1. The molecule has 2 bridgehead atoms. The zero-order valence-corrected chi connectivity index (χ0v) is 16.8. The van der Waals surface area contributed by atoms with Gasteiger partial charge in [-0.15, -0.1) is 10.2 Å². The van der Waals surface area contributed by atoms with Gasteiger partial charge in [-0.3, -0.25) is 0 Å². The van der Waals surface area contributed by atoms with E-state index in [9.17, 15) is 13.9 Å². The van der Waals surface area contributed by atoms with E-state index >= 15 is 8.78 Å². The summed E-state index contributed by atoms with van der Waals surface area (Å²) in [6.07, 6.45) is 4.26. The van der Waals surface area contributed by atoms with Crippen molar-refractivity contribution in [1.82, 2.24) is 30.2 Å². The molecule has 3 aromatic rings. The topological polar surface area (TPSA) is 98.8 Å². The van der Waals surface area contributed by atoms with Crippen LogP contribution in [0.25, 0.3) is 0 Å². The van der Waals surface area contributed by atoms with Crippen molar-refractivity contribution in [3.63, 3.8) is 0 Å². The highest BCUT2D eigenvalue weighted by atomic mass is 19.3. The lowest BCUT2D eigenvalue weighted by molar-refractivity contribution is -0.348. The number of hydrogen-bond acceptors (Lipinski definition) is 7. The zero-order valence-electron chi connectivity index (χ0n) is 16.8. The van der Waals surface area contributed by atoms with Crippen molar-refractivity contribution in [1.29, 1.82) is 0 Å². The first kappa shape index (κ1) is 20.7. The fourth-order valence-electron chi connectivity index (χ4n) is 5.21. The highest BCUT2D eigenvalue weighted by Crippen LogP contribution is 2.80. The Kier molecular flexibility index (Phi) is 4.32. The van der Waals surface area contributed by atoms with Gasteiger partial charge in [0.15, 0.2) is 11.9 Å². The third-order valence-corrected chi connectivity index (χ3v) is 6.78. The summed E-state index contributed by atoms with van der Waals surface area (Å²) in [7, 11) is 1.42. The second kappa shape index (κ2) is 6.67. The van der Waals surface area contributed by atoms with Gasteiger partial charge in [0.05, 0.1) is 7.11 Å². The van der Waals surface area contributed by atoms with E-state index in [1.165, 1.54) is 19.5 Å². The minimum atomic E-state index is -3.79. The van der Waals surface area contributed by atoms with Crippen molar-refractivity contribution in [2.24, 2.45) is 5.41 Å². The maximum absolute atomic E-state index is 16.1. The van der Waals surface area contributed by atoms with E-state index in [1.54, 1.807) is 0 Å². The molecular formula is C20H18F4N6O2. The van der Waals surface area contributed by atoms with Crippen LogP contribution >= 0.6 is 0 Å². The molecule has 3 aliphatic carbocycles. The lowest BCUT2D eigenvalue weighted by Gasteiger charge is -2.74. The highest BCUT2D eigenvalue weighted by Gasteiger charge is 2.82. The molecular weight excluding hydrogens is 432 g/mol. The SMILES string of the molecule is COc1ncc(C23CC(C(F)(F)C(O)(Cn4ncnn4)c4ccc(F)cc4F)(C2)C3)cn1.